The van der Waals surface area contributed by atoms with Crippen LogP contribution in [-0.4, -0.2) is 17.4 Å². The van der Waals surface area contributed by atoms with Crippen molar-refractivity contribution in [2.45, 2.75) is 26.4 Å². The van der Waals surface area contributed by atoms with E-state index in [-0.39, 0.29) is 6.61 Å². The Morgan fingerprint density at radius 1 is 1.80 bits per heavy atom. The van der Waals surface area contributed by atoms with E-state index < -0.39 is 0 Å². The quantitative estimate of drug-likeness (QED) is 0.629. The van der Waals surface area contributed by atoms with Gasteiger partial charge < -0.3 is 10.8 Å². The normalized spacial score (nSPS) is 10.0. The standard InChI is InChI=1S/C9H14N2O.BH2PS/c1-6(2)9-8(10)7(5-12)3-4-11-9;2-1-3/h3-4,6,12H,5,10H2,1-2H3;2H2/i12T;. The Bertz CT molecular complexity index is 341. The Balaban J connectivity index is 0.000000673. The van der Waals surface area contributed by atoms with E-state index in [2.05, 4.69) is 31.3 Å². The summed E-state index contributed by atoms with van der Waals surface area (Å²) in [6, 6.07) is 1.77. The summed E-state index contributed by atoms with van der Waals surface area (Å²) in [6.07, 6.45) is 1.69. The van der Waals surface area contributed by atoms with Gasteiger partial charge in [-0.15, -0.1) is 0 Å². The molecule has 0 spiro atoms. The van der Waals surface area contributed by atoms with Gasteiger partial charge >= 0.3 is 27.0 Å². The Hall–Kier alpha value is -0.375. The average Bonchev–Trinajstić information content (AvgIpc) is 2.22. The molecule has 0 saturated carbocycles. The fourth-order valence-electron chi connectivity index (χ4n) is 1.12. The molecule has 0 saturated heterocycles. The van der Waals surface area contributed by atoms with Crippen LogP contribution in [0.15, 0.2) is 12.3 Å². The predicted molar refractivity (Wildman–Crippen MR) is 71.7 cm³/mol. The molecule has 0 aliphatic carbocycles. The molecule has 82 valence electrons. The summed E-state index contributed by atoms with van der Waals surface area (Å²) in [4.78, 5) is 4.18. The number of nitrogens with two attached hydrogens (primary N) is 1. The SMILES string of the molecule is PB=S.[3H]OCc1ccnc(C(C)C)c1N. The van der Waals surface area contributed by atoms with Gasteiger partial charge in [-0.05, 0) is 12.0 Å². The molecule has 1 aromatic rings. The van der Waals surface area contributed by atoms with Crippen LogP contribution in [0.3, 0.4) is 0 Å². The zero-order chi connectivity index (χ0) is 12.6. The summed E-state index contributed by atoms with van der Waals surface area (Å²) in [5.41, 5.74) is 8.19. The number of nitrogen functional groups attached to an aromatic ring is 1. The molecule has 1 aromatic heterocycles. The van der Waals surface area contributed by atoms with Gasteiger partial charge in [0, 0.05) is 11.8 Å². The molecule has 15 heavy (non-hydrogen) atoms. The molecule has 0 radical (unpaired) electrons. The molecule has 0 bridgehead atoms. The summed E-state index contributed by atoms with van der Waals surface area (Å²) in [5, 5.41) is 4.29. The summed E-state index contributed by atoms with van der Waals surface area (Å²) in [7, 11) is 2.27. The van der Waals surface area contributed by atoms with Crippen LogP contribution < -0.4 is 5.73 Å². The minimum atomic E-state index is 0.216. The number of rotatable bonds is 3. The molecule has 0 aliphatic rings. The third-order valence-electron chi connectivity index (χ3n) is 1.81. The number of aromatic nitrogens is 1. The van der Waals surface area contributed by atoms with Gasteiger partial charge in [-0.1, -0.05) is 13.8 Å². The molecule has 0 fully saturated rings. The first-order chi connectivity index (χ1) is 7.58. The van der Waals surface area contributed by atoms with Crippen molar-refractivity contribution >= 4 is 32.7 Å². The topological polar surface area (TPSA) is 59.1 Å². The van der Waals surface area contributed by atoms with Crippen molar-refractivity contribution in [1.82, 2.24) is 4.98 Å². The molecule has 0 aromatic carbocycles. The second-order valence-electron chi connectivity index (χ2n) is 3.20. The molecule has 3 nitrogen and oxygen atoms in total. The summed E-state index contributed by atoms with van der Waals surface area (Å²) >= 11 is 4.23. The van der Waals surface area contributed by atoms with Gasteiger partial charge in [-0.2, -0.15) is 0 Å². The van der Waals surface area contributed by atoms with Gasteiger partial charge in [0.1, 0.15) is 0 Å². The third-order valence-corrected chi connectivity index (χ3v) is 1.81. The molecule has 0 amide bonds. The van der Waals surface area contributed by atoms with E-state index in [1.807, 2.05) is 13.8 Å². The fraction of sp³-hybridized carbons (Fsp3) is 0.444. The molecule has 1 heterocycles. The first kappa shape index (κ1) is 12.7. The molecule has 0 aliphatic heterocycles. The average molecular weight is 244 g/mol. The van der Waals surface area contributed by atoms with E-state index >= 15 is 0 Å². The van der Waals surface area contributed by atoms with Crippen LogP contribution in [0.25, 0.3) is 0 Å². The zero-order valence-electron chi connectivity index (χ0n) is 9.93. The second kappa shape index (κ2) is 7.86. The van der Waals surface area contributed by atoms with Crippen LogP contribution in [-0.2, 0) is 6.61 Å². The van der Waals surface area contributed by atoms with E-state index in [1.165, 1.54) is 5.87 Å². The summed E-state index contributed by atoms with van der Waals surface area (Å²) in [6.45, 7) is 4.28. The van der Waals surface area contributed by atoms with Crippen molar-refractivity contribution in [3.63, 3.8) is 0 Å². The van der Waals surface area contributed by atoms with Crippen LogP contribution in [0, 0.1) is 0 Å². The van der Waals surface area contributed by atoms with E-state index in [9.17, 15) is 0 Å². The number of aliphatic hydroxyl groups is 1. The van der Waals surface area contributed by atoms with E-state index in [4.69, 9.17) is 7.16 Å². The molecule has 1 atom stereocenters. The number of anilines is 1. The first-order valence-electron chi connectivity index (χ1n) is 4.96. The van der Waals surface area contributed by atoms with Gasteiger partial charge in [0.25, 0.3) is 0 Å². The molecule has 1 rings (SSSR count). The maximum absolute atomic E-state index is 6.64. The van der Waals surface area contributed by atoms with Crippen molar-refractivity contribution in [1.29, 1.82) is 1.43 Å². The molecular weight excluding hydrogens is 226 g/mol. The van der Waals surface area contributed by atoms with Crippen molar-refractivity contribution in [2.75, 3.05) is 5.73 Å². The van der Waals surface area contributed by atoms with E-state index in [1.54, 1.807) is 12.3 Å². The smallest absolute Gasteiger partial charge is 0.211 e. The third kappa shape index (κ3) is 4.78. The van der Waals surface area contributed by atoms with Gasteiger partial charge in [-0.3, -0.25) is 4.98 Å². The Labute approximate surface area is 100 Å². The van der Waals surface area contributed by atoms with Crippen LogP contribution in [0.5, 0.6) is 0 Å². The molecule has 6 heteroatoms. The minimum Gasteiger partial charge on any atom is -0.397 e. The zero-order valence-corrected chi connectivity index (χ0v) is 10.9. The molecule has 1 unspecified atom stereocenters. The van der Waals surface area contributed by atoms with Crippen molar-refractivity contribution < 1.29 is 5.11 Å². The molecule has 3 N–H and O–H groups in total. The van der Waals surface area contributed by atoms with Crippen LogP contribution >= 0.6 is 21.2 Å². The predicted octanol–water partition coefficient (Wildman–Crippen LogP) is 1.87. The summed E-state index contributed by atoms with van der Waals surface area (Å²) < 4.78 is 6.64. The Kier molecular flexibility index (Phi) is 6.65. The number of pyridine rings is 1. The van der Waals surface area contributed by atoms with Crippen LogP contribution in [0.4, 0.5) is 5.69 Å². The Morgan fingerprint density at radius 2 is 2.40 bits per heavy atom. The van der Waals surface area contributed by atoms with Gasteiger partial charge in [0.05, 0.1) is 18.0 Å². The number of aliphatic hydroxyl groups excluding tert-OH is 1. The number of nitrogens with zero attached hydrogens (tertiary/aromatic N) is 1. The van der Waals surface area contributed by atoms with Crippen LogP contribution in [0.1, 0.15) is 31.0 Å². The first-order valence-corrected chi connectivity index (χ1v) is 5.69. The number of hydrogen-bond acceptors (Lipinski definition) is 4. The van der Waals surface area contributed by atoms with Gasteiger partial charge in [-0.25, -0.2) is 0 Å². The maximum Gasteiger partial charge on any atom is 0.211 e. The Morgan fingerprint density at radius 3 is 2.87 bits per heavy atom. The fourth-order valence-corrected chi connectivity index (χ4v) is 1.12. The largest absolute Gasteiger partial charge is 0.397 e. The van der Waals surface area contributed by atoms with Gasteiger partial charge in [0.15, 0.2) is 0 Å². The molecular formula is C9H16BN2OPS. The van der Waals surface area contributed by atoms with Crippen LogP contribution in [0.2, 0.25) is 0 Å². The minimum absolute atomic E-state index is 0.216. The monoisotopic (exact) mass is 244 g/mol. The maximum atomic E-state index is 6.64. The van der Waals surface area contributed by atoms with Crippen molar-refractivity contribution in [2.24, 2.45) is 0 Å². The van der Waals surface area contributed by atoms with E-state index in [0.29, 0.717) is 11.6 Å². The number of hydrogen-bond donors (Lipinski definition) is 2. The van der Waals surface area contributed by atoms with Crippen molar-refractivity contribution in [3.05, 3.63) is 23.5 Å². The van der Waals surface area contributed by atoms with Gasteiger partial charge in [0.2, 0.25) is 1.43 Å². The van der Waals surface area contributed by atoms with E-state index in [0.717, 1.165) is 11.3 Å². The second-order valence-corrected chi connectivity index (χ2v) is 4.29. The van der Waals surface area contributed by atoms with Crippen molar-refractivity contribution in [3.8, 4) is 0 Å². The summed E-state index contributed by atoms with van der Waals surface area (Å²) in [5.74, 6) is 1.80.